The molecule has 1 aliphatic heterocycles. The monoisotopic (exact) mass is 334 g/mol. The third-order valence-electron chi connectivity index (χ3n) is 3.63. The van der Waals surface area contributed by atoms with Crippen LogP contribution in [0.15, 0.2) is 24.3 Å². The molecule has 2 rings (SSSR count). The first kappa shape index (κ1) is 19.1. The molecule has 0 radical (unpaired) electrons. The van der Waals surface area contributed by atoms with Crippen LogP contribution in [-0.2, 0) is 0 Å². The first-order chi connectivity index (χ1) is 10.1. The number of hydrogen-bond acceptors (Lipinski definition) is 3. The predicted octanol–water partition coefficient (Wildman–Crippen LogP) is 3.50. The summed E-state index contributed by atoms with van der Waals surface area (Å²) < 4.78 is 31.4. The highest BCUT2D eigenvalue weighted by Gasteiger charge is 2.25. The minimum Gasteiger partial charge on any atom is -0.491 e. The molecular formula is C16H25ClF2N2O. The van der Waals surface area contributed by atoms with Crippen LogP contribution in [0.25, 0.3) is 0 Å². The van der Waals surface area contributed by atoms with E-state index in [1.54, 1.807) is 0 Å². The summed E-state index contributed by atoms with van der Waals surface area (Å²) in [5, 5.41) is 3.26. The molecule has 1 atom stereocenters. The van der Waals surface area contributed by atoms with Crippen molar-refractivity contribution in [2.24, 2.45) is 0 Å². The third-order valence-corrected chi connectivity index (χ3v) is 3.63. The van der Waals surface area contributed by atoms with E-state index in [0.29, 0.717) is 0 Å². The maximum atomic E-state index is 12.9. The van der Waals surface area contributed by atoms with Gasteiger partial charge in [-0.25, -0.2) is 8.78 Å². The van der Waals surface area contributed by atoms with E-state index < -0.39 is 6.43 Å². The second-order valence-corrected chi connectivity index (χ2v) is 5.66. The minimum atomic E-state index is -2.29. The Morgan fingerprint density at radius 3 is 2.23 bits per heavy atom. The van der Waals surface area contributed by atoms with E-state index in [0.717, 1.165) is 37.5 Å². The van der Waals surface area contributed by atoms with Gasteiger partial charge >= 0.3 is 0 Å². The molecule has 1 aromatic carbocycles. The number of piperazine rings is 1. The Labute approximate surface area is 137 Å². The number of hydrogen-bond donors (Lipinski definition) is 1. The molecule has 1 heterocycles. The number of nitrogens with one attached hydrogen (secondary N) is 1. The second kappa shape index (κ2) is 9.28. The Hall–Kier alpha value is -0.910. The van der Waals surface area contributed by atoms with Crippen molar-refractivity contribution in [3.8, 4) is 5.75 Å². The van der Waals surface area contributed by atoms with Gasteiger partial charge in [0.1, 0.15) is 5.75 Å². The average Bonchev–Trinajstić information content (AvgIpc) is 2.46. The Kier molecular flexibility index (Phi) is 8.07. The molecule has 1 N–H and O–H groups in total. The van der Waals surface area contributed by atoms with Gasteiger partial charge in [0.05, 0.1) is 6.10 Å². The summed E-state index contributed by atoms with van der Waals surface area (Å²) in [6.45, 7) is 7.26. The molecule has 0 bridgehead atoms. The lowest BCUT2D eigenvalue weighted by Gasteiger charge is -2.35. The fourth-order valence-electron chi connectivity index (χ4n) is 2.70. The highest BCUT2D eigenvalue weighted by Crippen LogP contribution is 2.29. The predicted molar refractivity (Wildman–Crippen MR) is 87.3 cm³/mol. The SMILES string of the molecule is CC(C)Oc1ccc([C@@H](CC(F)F)N2CCNCC2)cc1.Cl. The van der Waals surface area contributed by atoms with Crippen LogP contribution < -0.4 is 10.1 Å². The van der Waals surface area contributed by atoms with E-state index in [1.165, 1.54) is 0 Å². The second-order valence-electron chi connectivity index (χ2n) is 5.66. The van der Waals surface area contributed by atoms with Crippen LogP contribution in [-0.4, -0.2) is 43.6 Å². The summed E-state index contributed by atoms with van der Waals surface area (Å²) in [5.41, 5.74) is 0.938. The molecule has 0 unspecified atom stereocenters. The van der Waals surface area contributed by atoms with Crippen molar-refractivity contribution in [2.75, 3.05) is 26.2 Å². The van der Waals surface area contributed by atoms with E-state index >= 15 is 0 Å². The van der Waals surface area contributed by atoms with Gasteiger partial charge in [-0.05, 0) is 31.5 Å². The molecule has 0 saturated carbocycles. The molecule has 0 spiro atoms. The zero-order valence-corrected chi connectivity index (χ0v) is 13.9. The molecular weight excluding hydrogens is 310 g/mol. The number of alkyl halides is 2. The maximum Gasteiger partial charge on any atom is 0.240 e. The molecule has 1 saturated heterocycles. The smallest absolute Gasteiger partial charge is 0.240 e. The van der Waals surface area contributed by atoms with Crippen molar-refractivity contribution in [2.45, 2.75) is 38.8 Å². The van der Waals surface area contributed by atoms with Gasteiger partial charge in [0.25, 0.3) is 0 Å². The molecule has 126 valence electrons. The van der Waals surface area contributed by atoms with Crippen LogP contribution in [0.1, 0.15) is 31.9 Å². The van der Waals surface area contributed by atoms with Crippen LogP contribution in [0.4, 0.5) is 8.78 Å². The third kappa shape index (κ3) is 5.71. The standard InChI is InChI=1S/C16H24F2N2O.ClH/c1-12(2)21-14-5-3-13(4-6-14)15(11-16(17)18)20-9-7-19-8-10-20;/h3-6,12,15-16,19H,7-11H2,1-2H3;1H/t15-;/m1./s1. The number of benzene rings is 1. The lowest BCUT2D eigenvalue weighted by atomic mass is 10.0. The van der Waals surface area contributed by atoms with E-state index in [9.17, 15) is 8.78 Å². The summed E-state index contributed by atoms with van der Waals surface area (Å²) in [4.78, 5) is 2.14. The zero-order chi connectivity index (χ0) is 15.2. The largest absolute Gasteiger partial charge is 0.491 e. The van der Waals surface area contributed by atoms with E-state index in [1.807, 2.05) is 38.1 Å². The topological polar surface area (TPSA) is 24.5 Å². The van der Waals surface area contributed by atoms with Gasteiger partial charge in [0.15, 0.2) is 0 Å². The van der Waals surface area contributed by atoms with Crippen LogP contribution in [0, 0.1) is 0 Å². The van der Waals surface area contributed by atoms with Crippen molar-refractivity contribution in [1.82, 2.24) is 10.2 Å². The van der Waals surface area contributed by atoms with E-state index in [2.05, 4.69) is 10.2 Å². The summed E-state index contributed by atoms with van der Waals surface area (Å²) in [6.07, 6.45) is -2.30. The highest BCUT2D eigenvalue weighted by atomic mass is 35.5. The van der Waals surface area contributed by atoms with Gasteiger partial charge in [0.2, 0.25) is 6.43 Å². The lowest BCUT2D eigenvalue weighted by molar-refractivity contribution is 0.0739. The van der Waals surface area contributed by atoms with Crippen LogP contribution in [0.5, 0.6) is 5.75 Å². The quantitative estimate of drug-likeness (QED) is 0.861. The van der Waals surface area contributed by atoms with Crippen molar-refractivity contribution in [3.63, 3.8) is 0 Å². The van der Waals surface area contributed by atoms with Crippen molar-refractivity contribution < 1.29 is 13.5 Å². The van der Waals surface area contributed by atoms with Gasteiger partial charge in [0, 0.05) is 38.6 Å². The summed E-state index contributed by atoms with van der Waals surface area (Å²) in [7, 11) is 0. The first-order valence-electron chi connectivity index (χ1n) is 7.56. The molecule has 6 heteroatoms. The van der Waals surface area contributed by atoms with Crippen LogP contribution in [0.2, 0.25) is 0 Å². The van der Waals surface area contributed by atoms with Gasteiger partial charge in [-0.15, -0.1) is 12.4 Å². The molecule has 22 heavy (non-hydrogen) atoms. The molecule has 1 aromatic rings. The number of rotatable bonds is 6. The van der Waals surface area contributed by atoms with Gasteiger partial charge < -0.3 is 10.1 Å². The molecule has 0 amide bonds. The Balaban J connectivity index is 0.00000242. The van der Waals surface area contributed by atoms with Gasteiger partial charge in [-0.2, -0.15) is 0 Å². The summed E-state index contributed by atoms with van der Waals surface area (Å²) >= 11 is 0. The van der Waals surface area contributed by atoms with Crippen molar-refractivity contribution >= 4 is 12.4 Å². The molecule has 3 nitrogen and oxygen atoms in total. The van der Waals surface area contributed by atoms with Crippen LogP contribution >= 0.6 is 12.4 Å². The molecule has 0 aliphatic carbocycles. The fraction of sp³-hybridized carbons (Fsp3) is 0.625. The number of ether oxygens (including phenoxy) is 1. The summed E-state index contributed by atoms with van der Waals surface area (Å²) in [6, 6.07) is 7.34. The lowest BCUT2D eigenvalue weighted by Crippen LogP contribution is -2.45. The molecule has 1 fully saturated rings. The van der Waals surface area contributed by atoms with Crippen LogP contribution in [0.3, 0.4) is 0 Å². The Morgan fingerprint density at radius 2 is 1.73 bits per heavy atom. The van der Waals surface area contributed by atoms with E-state index in [-0.39, 0.29) is 31.0 Å². The fourth-order valence-corrected chi connectivity index (χ4v) is 2.70. The zero-order valence-electron chi connectivity index (χ0n) is 13.1. The van der Waals surface area contributed by atoms with Crippen molar-refractivity contribution in [3.05, 3.63) is 29.8 Å². The Morgan fingerprint density at radius 1 is 1.14 bits per heavy atom. The number of nitrogens with zero attached hydrogens (tertiary/aromatic N) is 1. The van der Waals surface area contributed by atoms with Gasteiger partial charge in [-0.3, -0.25) is 4.90 Å². The van der Waals surface area contributed by atoms with Crippen molar-refractivity contribution in [1.29, 1.82) is 0 Å². The summed E-state index contributed by atoms with van der Waals surface area (Å²) in [5.74, 6) is 0.782. The molecule has 1 aliphatic rings. The molecule has 0 aromatic heterocycles. The Bertz CT molecular complexity index is 423. The van der Waals surface area contributed by atoms with E-state index in [4.69, 9.17) is 4.74 Å². The number of halogens is 3. The normalized spacial score (nSPS) is 17.4. The minimum absolute atomic E-state index is 0. The average molecular weight is 335 g/mol. The maximum absolute atomic E-state index is 12.9. The first-order valence-corrected chi connectivity index (χ1v) is 7.56. The van der Waals surface area contributed by atoms with Gasteiger partial charge in [-0.1, -0.05) is 12.1 Å². The highest BCUT2D eigenvalue weighted by molar-refractivity contribution is 5.85.